The second-order valence-electron chi connectivity index (χ2n) is 7.53. The minimum Gasteiger partial charge on any atom is -0.493 e. The van der Waals surface area contributed by atoms with E-state index in [2.05, 4.69) is 5.32 Å². The molecule has 6 heteroatoms. The number of hydrogen-bond acceptors (Lipinski definition) is 4. The van der Waals surface area contributed by atoms with Gasteiger partial charge in [0.25, 0.3) is 0 Å². The van der Waals surface area contributed by atoms with Crippen LogP contribution in [0.2, 0.25) is 0 Å². The van der Waals surface area contributed by atoms with Crippen LogP contribution in [0.25, 0.3) is 0 Å². The molecule has 0 aromatic heterocycles. The molecular formula is C23H30N2O4. The van der Waals surface area contributed by atoms with Gasteiger partial charge in [-0.2, -0.15) is 0 Å². The highest BCUT2D eigenvalue weighted by molar-refractivity contribution is 5.75. The summed E-state index contributed by atoms with van der Waals surface area (Å²) in [5.41, 5.74) is 4.47. The number of nitrogens with zero attached hydrogens (tertiary/aromatic N) is 1. The number of amides is 2. The van der Waals surface area contributed by atoms with Crippen molar-refractivity contribution in [3.05, 3.63) is 52.6 Å². The zero-order valence-corrected chi connectivity index (χ0v) is 17.9. The molecule has 29 heavy (non-hydrogen) atoms. The van der Waals surface area contributed by atoms with Crippen molar-refractivity contribution in [3.8, 4) is 17.2 Å². The Hall–Kier alpha value is -2.89. The number of fused-ring (bicyclic) bond motifs is 1. The molecule has 1 heterocycles. The third-order valence-corrected chi connectivity index (χ3v) is 5.26. The summed E-state index contributed by atoms with van der Waals surface area (Å²) in [7, 11) is 3.25. The number of benzene rings is 2. The molecule has 0 aliphatic carbocycles. The minimum atomic E-state index is -0.103. The van der Waals surface area contributed by atoms with Crippen LogP contribution in [-0.2, 0) is 13.0 Å². The first-order valence-electron chi connectivity index (χ1n) is 9.91. The highest BCUT2D eigenvalue weighted by Gasteiger charge is 2.24. The Kier molecular flexibility index (Phi) is 6.52. The highest BCUT2D eigenvalue weighted by Crippen LogP contribution is 2.33. The summed E-state index contributed by atoms with van der Waals surface area (Å²) in [6.45, 7) is 7.65. The second kappa shape index (κ2) is 9.07. The summed E-state index contributed by atoms with van der Waals surface area (Å²) in [5.74, 6) is 2.30. The summed E-state index contributed by atoms with van der Waals surface area (Å²) < 4.78 is 16.7. The maximum absolute atomic E-state index is 12.7. The van der Waals surface area contributed by atoms with Crippen molar-refractivity contribution in [2.24, 2.45) is 0 Å². The fourth-order valence-corrected chi connectivity index (χ4v) is 3.64. The monoisotopic (exact) mass is 398 g/mol. The third kappa shape index (κ3) is 4.75. The number of carbonyl (C=O) groups excluding carboxylic acids is 1. The zero-order chi connectivity index (χ0) is 21.0. The predicted molar refractivity (Wildman–Crippen MR) is 113 cm³/mol. The summed E-state index contributed by atoms with van der Waals surface area (Å²) in [6, 6.07) is 9.85. The lowest BCUT2D eigenvalue weighted by Crippen LogP contribution is -2.47. The lowest BCUT2D eigenvalue weighted by Gasteiger charge is -2.30. The summed E-state index contributed by atoms with van der Waals surface area (Å²) in [4.78, 5) is 14.6. The number of carbonyl (C=O) groups is 1. The topological polar surface area (TPSA) is 60.0 Å². The summed E-state index contributed by atoms with van der Waals surface area (Å²) >= 11 is 0. The van der Waals surface area contributed by atoms with Crippen LogP contribution in [0.15, 0.2) is 30.3 Å². The van der Waals surface area contributed by atoms with Gasteiger partial charge in [-0.25, -0.2) is 4.79 Å². The molecule has 0 saturated heterocycles. The summed E-state index contributed by atoms with van der Waals surface area (Å²) in [6.07, 6.45) is 0.788. The molecule has 0 saturated carbocycles. The van der Waals surface area contributed by atoms with Gasteiger partial charge in [0.05, 0.1) is 20.3 Å². The molecule has 6 nitrogen and oxygen atoms in total. The number of urea groups is 1. The smallest absolute Gasteiger partial charge is 0.318 e. The third-order valence-electron chi connectivity index (χ3n) is 5.26. The number of hydrogen-bond donors (Lipinski definition) is 1. The number of methoxy groups -OCH3 is 2. The Morgan fingerprint density at radius 3 is 2.34 bits per heavy atom. The molecule has 0 radical (unpaired) electrons. The fraction of sp³-hybridized carbons (Fsp3) is 0.435. The maximum atomic E-state index is 12.7. The van der Waals surface area contributed by atoms with E-state index in [1.54, 1.807) is 14.2 Å². The van der Waals surface area contributed by atoms with E-state index in [1.807, 2.05) is 56.0 Å². The number of rotatable bonds is 6. The summed E-state index contributed by atoms with van der Waals surface area (Å²) in [5, 5.41) is 3.05. The Morgan fingerprint density at radius 2 is 1.72 bits per heavy atom. The largest absolute Gasteiger partial charge is 0.493 e. The van der Waals surface area contributed by atoms with Gasteiger partial charge in [0.2, 0.25) is 0 Å². The van der Waals surface area contributed by atoms with E-state index in [0.717, 1.165) is 34.6 Å². The van der Waals surface area contributed by atoms with Crippen molar-refractivity contribution < 1.29 is 19.0 Å². The van der Waals surface area contributed by atoms with E-state index in [9.17, 15) is 4.79 Å². The number of nitrogens with one attached hydrogen (secondary N) is 1. The van der Waals surface area contributed by atoms with E-state index in [4.69, 9.17) is 14.2 Å². The normalized spacial score (nSPS) is 14.0. The first kappa shape index (κ1) is 20.8. The van der Waals surface area contributed by atoms with E-state index >= 15 is 0 Å². The van der Waals surface area contributed by atoms with E-state index in [1.165, 1.54) is 5.56 Å². The van der Waals surface area contributed by atoms with Gasteiger partial charge in [-0.05, 0) is 61.6 Å². The quantitative estimate of drug-likeness (QED) is 0.803. The average molecular weight is 399 g/mol. The van der Waals surface area contributed by atoms with Crippen molar-refractivity contribution in [2.45, 2.75) is 39.8 Å². The minimum absolute atomic E-state index is 0.0805. The Balaban J connectivity index is 1.59. The molecule has 1 N–H and O–H groups in total. The molecule has 2 aromatic carbocycles. The number of ether oxygens (including phenoxy) is 3. The molecule has 3 rings (SSSR count). The Labute approximate surface area is 172 Å². The van der Waals surface area contributed by atoms with Crippen molar-refractivity contribution in [2.75, 3.05) is 27.4 Å². The second-order valence-corrected chi connectivity index (χ2v) is 7.53. The van der Waals surface area contributed by atoms with Crippen LogP contribution in [0.4, 0.5) is 4.79 Å². The molecule has 1 atom stereocenters. The van der Waals surface area contributed by atoms with E-state index in [0.29, 0.717) is 25.4 Å². The van der Waals surface area contributed by atoms with Gasteiger partial charge in [0, 0.05) is 13.1 Å². The van der Waals surface area contributed by atoms with Gasteiger partial charge < -0.3 is 24.4 Å². The molecule has 2 aromatic rings. The lowest BCUT2D eigenvalue weighted by atomic mass is 9.99. The van der Waals surface area contributed by atoms with Crippen molar-refractivity contribution in [1.29, 1.82) is 0 Å². The molecule has 2 amide bonds. The van der Waals surface area contributed by atoms with Gasteiger partial charge >= 0.3 is 6.03 Å². The van der Waals surface area contributed by atoms with Gasteiger partial charge in [0.1, 0.15) is 12.4 Å². The molecule has 0 fully saturated rings. The van der Waals surface area contributed by atoms with E-state index in [-0.39, 0.29) is 12.1 Å². The Morgan fingerprint density at radius 1 is 1.10 bits per heavy atom. The predicted octanol–water partition coefficient (Wildman–Crippen LogP) is 3.86. The van der Waals surface area contributed by atoms with Crippen molar-refractivity contribution in [1.82, 2.24) is 10.2 Å². The molecule has 1 unspecified atom stereocenters. The van der Waals surface area contributed by atoms with Gasteiger partial charge in [0.15, 0.2) is 11.5 Å². The van der Waals surface area contributed by atoms with Gasteiger partial charge in [-0.1, -0.05) is 18.2 Å². The fourth-order valence-electron chi connectivity index (χ4n) is 3.64. The number of aryl methyl sites for hydroxylation is 2. The van der Waals surface area contributed by atoms with Crippen LogP contribution in [0.3, 0.4) is 0 Å². The molecular weight excluding hydrogens is 368 g/mol. The Bertz CT molecular complexity index is 861. The van der Waals surface area contributed by atoms with Crippen LogP contribution in [-0.4, -0.2) is 44.3 Å². The zero-order valence-electron chi connectivity index (χ0n) is 17.9. The van der Waals surface area contributed by atoms with Crippen LogP contribution < -0.4 is 19.5 Å². The molecule has 0 spiro atoms. The molecule has 1 aliphatic heterocycles. The first-order valence-corrected chi connectivity index (χ1v) is 9.91. The standard InChI is InChI=1S/C23H30N2O4/c1-15-7-6-8-16(2)22(15)29-14-17(3)24-23(26)25-10-9-18-11-20(27-4)21(28-5)12-19(18)13-25/h6-8,11-12,17H,9-10,13-14H2,1-5H3,(H,24,26). The van der Waals surface area contributed by atoms with Crippen LogP contribution >= 0.6 is 0 Å². The SMILES string of the molecule is COc1cc2c(cc1OC)CN(C(=O)NC(C)COc1c(C)cccc1C)CC2. The van der Waals surface area contributed by atoms with Crippen molar-refractivity contribution in [3.63, 3.8) is 0 Å². The van der Waals surface area contributed by atoms with E-state index < -0.39 is 0 Å². The van der Waals surface area contributed by atoms with Crippen LogP contribution in [0, 0.1) is 13.8 Å². The van der Waals surface area contributed by atoms with Gasteiger partial charge in [-0.15, -0.1) is 0 Å². The van der Waals surface area contributed by atoms with Gasteiger partial charge in [-0.3, -0.25) is 0 Å². The highest BCUT2D eigenvalue weighted by atomic mass is 16.5. The molecule has 1 aliphatic rings. The van der Waals surface area contributed by atoms with Crippen LogP contribution in [0.5, 0.6) is 17.2 Å². The first-order chi connectivity index (χ1) is 13.9. The molecule has 0 bridgehead atoms. The lowest BCUT2D eigenvalue weighted by molar-refractivity contribution is 0.182. The molecule has 156 valence electrons. The number of para-hydroxylation sites is 1. The maximum Gasteiger partial charge on any atom is 0.318 e. The van der Waals surface area contributed by atoms with Crippen molar-refractivity contribution >= 4 is 6.03 Å². The van der Waals surface area contributed by atoms with Crippen LogP contribution in [0.1, 0.15) is 29.2 Å². The average Bonchev–Trinajstić information content (AvgIpc) is 2.71.